The van der Waals surface area contributed by atoms with Crippen LogP contribution in [0.4, 0.5) is 5.69 Å². The van der Waals surface area contributed by atoms with Gasteiger partial charge in [-0.3, -0.25) is 4.79 Å². The number of benzene rings is 2. The van der Waals surface area contributed by atoms with Crippen LogP contribution in [0.3, 0.4) is 0 Å². The average molecular weight is 451 g/mol. The van der Waals surface area contributed by atoms with E-state index in [1.165, 1.54) is 21.7 Å². The minimum absolute atomic E-state index is 0.120. The lowest BCUT2D eigenvalue weighted by Gasteiger charge is -2.20. The summed E-state index contributed by atoms with van der Waals surface area (Å²) in [5.41, 5.74) is 3.88. The molecule has 0 unspecified atom stereocenters. The maximum atomic E-state index is 12.4. The smallest absolute Gasteiger partial charge is 0.286 e. The van der Waals surface area contributed by atoms with Crippen molar-refractivity contribution in [2.45, 2.75) is 50.2 Å². The molecule has 0 fully saturated rings. The number of carbonyl (C=O) groups is 1. The van der Waals surface area contributed by atoms with Crippen LogP contribution >= 0.6 is 11.8 Å². The van der Waals surface area contributed by atoms with Crippen molar-refractivity contribution in [2.24, 2.45) is 0 Å². The molecular formula is C27H34N2O2S. The molecule has 0 radical (unpaired) electrons. The summed E-state index contributed by atoms with van der Waals surface area (Å²) in [6.45, 7) is 10.3. The lowest BCUT2D eigenvalue weighted by molar-refractivity contribution is 0.0924. The number of furan rings is 1. The third kappa shape index (κ3) is 6.67. The Morgan fingerprint density at radius 3 is 2.53 bits per heavy atom. The van der Waals surface area contributed by atoms with Gasteiger partial charge in [0.25, 0.3) is 5.91 Å². The van der Waals surface area contributed by atoms with Gasteiger partial charge in [-0.25, -0.2) is 0 Å². The molecule has 1 heterocycles. The van der Waals surface area contributed by atoms with E-state index in [9.17, 15) is 4.79 Å². The van der Waals surface area contributed by atoms with E-state index in [0.717, 1.165) is 18.7 Å². The Balaban J connectivity index is 1.47. The van der Waals surface area contributed by atoms with E-state index in [4.69, 9.17) is 4.42 Å². The van der Waals surface area contributed by atoms with E-state index in [0.29, 0.717) is 18.1 Å². The Hall–Kier alpha value is -2.66. The lowest BCUT2D eigenvalue weighted by atomic mass is 9.87. The zero-order valence-corrected chi connectivity index (χ0v) is 20.6. The summed E-state index contributed by atoms with van der Waals surface area (Å²) in [6, 6.07) is 20.6. The first-order valence-electron chi connectivity index (χ1n) is 11.1. The monoisotopic (exact) mass is 450 g/mol. The number of amides is 1. The molecule has 0 bridgehead atoms. The fourth-order valence-corrected chi connectivity index (χ4v) is 4.32. The molecule has 0 aliphatic rings. The number of nitrogens with zero attached hydrogens (tertiary/aromatic N) is 1. The Morgan fingerprint density at radius 2 is 1.81 bits per heavy atom. The molecule has 0 saturated carbocycles. The van der Waals surface area contributed by atoms with Crippen molar-refractivity contribution in [1.82, 2.24) is 5.32 Å². The van der Waals surface area contributed by atoms with E-state index < -0.39 is 0 Å². The molecule has 0 aliphatic heterocycles. The third-order valence-electron chi connectivity index (χ3n) is 5.46. The maximum Gasteiger partial charge on any atom is 0.286 e. The zero-order chi connectivity index (χ0) is 23.1. The number of anilines is 1. The molecule has 3 rings (SSSR count). The molecule has 0 spiro atoms. The first-order chi connectivity index (χ1) is 15.2. The second-order valence-corrected chi connectivity index (χ2v) is 10.2. The van der Waals surface area contributed by atoms with Gasteiger partial charge in [-0.2, -0.15) is 0 Å². The SMILES string of the molecule is Cc1ccc(C(C)(C)C)cc1SCc1ccc(C(=O)NCCCN(C)c2ccccc2)o1. The molecule has 1 aromatic heterocycles. The van der Waals surface area contributed by atoms with Crippen LogP contribution in [-0.2, 0) is 11.2 Å². The van der Waals surface area contributed by atoms with Crippen LogP contribution in [0.15, 0.2) is 70.0 Å². The molecule has 0 atom stereocenters. The summed E-state index contributed by atoms with van der Waals surface area (Å²) in [5, 5.41) is 2.96. The summed E-state index contributed by atoms with van der Waals surface area (Å²) < 4.78 is 5.81. The molecule has 2 aromatic carbocycles. The number of aryl methyl sites for hydroxylation is 1. The molecule has 0 aliphatic carbocycles. The van der Waals surface area contributed by atoms with E-state index in [1.807, 2.05) is 24.3 Å². The first-order valence-corrected chi connectivity index (χ1v) is 12.1. The van der Waals surface area contributed by atoms with Gasteiger partial charge >= 0.3 is 0 Å². The van der Waals surface area contributed by atoms with Gasteiger partial charge in [-0.1, -0.05) is 51.1 Å². The summed E-state index contributed by atoms with van der Waals surface area (Å²) in [5.74, 6) is 1.72. The second kappa shape index (κ2) is 10.8. The standard InChI is InChI=1S/C27H34N2O2S/c1-20-12-13-21(27(2,3)4)18-25(20)32-19-23-14-15-24(31-23)26(30)28-16-9-17-29(5)22-10-7-6-8-11-22/h6-8,10-15,18H,9,16-17,19H2,1-5H3,(H,28,30). The normalized spacial score (nSPS) is 11.4. The molecule has 0 saturated heterocycles. The quantitative estimate of drug-likeness (QED) is 0.301. The van der Waals surface area contributed by atoms with Crippen molar-refractivity contribution >= 4 is 23.4 Å². The molecule has 1 amide bonds. The second-order valence-electron chi connectivity index (χ2n) is 9.15. The Bertz CT molecular complexity index is 1020. The molecule has 5 heteroatoms. The van der Waals surface area contributed by atoms with Gasteiger partial charge < -0.3 is 14.6 Å². The van der Waals surface area contributed by atoms with Gasteiger partial charge in [-0.15, -0.1) is 11.8 Å². The summed E-state index contributed by atoms with van der Waals surface area (Å²) in [6.07, 6.45) is 0.865. The average Bonchev–Trinajstić information content (AvgIpc) is 3.25. The highest BCUT2D eigenvalue weighted by molar-refractivity contribution is 7.98. The van der Waals surface area contributed by atoms with Crippen LogP contribution in [0.25, 0.3) is 0 Å². The van der Waals surface area contributed by atoms with Crippen molar-refractivity contribution < 1.29 is 9.21 Å². The van der Waals surface area contributed by atoms with Crippen molar-refractivity contribution in [3.05, 3.63) is 83.3 Å². The number of nitrogens with one attached hydrogen (secondary N) is 1. The van der Waals surface area contributed by atoms with Gasteiger partial charge in [0, 0.05) is 30.7 Å². The molecule has 1 N–H and O–H groups in total. The van der Waals surface area contributed by atoms with Crippen LogP contribution in [0.1, 0.15) is 54.6 Å². The topological polar surface area (TPSA) is 45.5 Å². The molecule has 4 nitrogen and oxygen atoms in total. The van der Waals surface area contributed by atoms with E-state index >= 15 is 0 Å². The van der Waals surface area contributed by atoms with Crippen LogP contribution < -0.4 is 10.2 Å². The molecule has 170 valence electrons. The van der Waals surface area contributed by atoms with Crippen LogP contribution in [-0.4, -0.2) is 26.0 Å². The van der Waals surface area contributed by atoms with Crippen LogP contribution in [0.2, 0.25) is 0 Å². The minimum Gasteiger partial charge on any atom is -0.455 e. The lowest BCUT2D eigenvalue weighted by Crippen LogP contribution is -2.27. The number of hydrogen-bond acceptors (Lipinski definition) is 4. The molecule has 32 heavy (non-hydrogen) atoms. The van der Waals surface area contributed by atoms with E-state index in [1.54, 1.807) is 17.8 Å². The van der Waals surface area contributed by atoms with Crippen molar-refractivity contribution in [3.63, 3.8) is 0 Å². The van der Waals surface area contributed by atoms with Gasteiger partial charge in [0.1, 0.15) is 5.76 Å². The van der Waals surface area contributed by atoms with Crippen LogP contribution in [0, 0.1) is 6.92 Å². The number of thioether (sulfide) groups is 1. The summed E-state index contributed by atoms with van der Waals surface area (Å²) in [7, 11) is 2.06. The number of rotatable bonds is 9. The third-order valence-corrected chi connectivity index (χ3v) is 6.64. The number of hydrogen-bond donors (Lipinski definition) is 1. The first kappa shape index (κ1) is 24.0. The number of para-hydroxylation sites is 1. The summed E-state index contributed by atoms with van der Waals surface area (Å²) >= 11 is 1.75. The molecule has 3 aromatic rings. The molecular weight excluding hydrogens is 416 g/mol. The zero-order valence-electron chi connectivity index (χ0n) is 19.8. The van der Waals surface area contributed by atoms with Gasteiger partial charge in [0.2, 0.25) is 0 Å². The largest absolute Gasteiger partial charge is 0.455 e. The Kier molecular flexibility index (Phi) is 8.08. The fourth-order valence-electron chi connectivity index (χ4n) is 3.37. The van der Waals surface area contributed by atoms with Gasteiger partial charge in [-0.05, 0) is 60.2 Å². The van der Waals surface area contributed by atoms with Gasteiger partial charge in [0.15, 0.2) is 5.76 Å². The summed E-state index contributed by atoms with van der Waals surface area (Å²) in [4.78, 5) is 15.9. The van der Waals surface area contributed by atoms with Crippen LogP contribution in [0.5, 0.6) is 0 Å². The van der Waals surface area contributed by atoms with Crippen molar-refractivity contribution in [3.8, 4) is 0 Å². The fraction of sp³-hybridized carbons (Fsp3) is 0.370. The highest BCUT2D eigenvalue weighted by Gasteiger charge is 2.16. The van der Waals surface area contributed by atoms with Crippen molar-refractivity contribution in [2.75, 3.05) is 25.0 Å². The Labute approximate surface area is 196 Å². The van der Waals surface area contributed by atoms with E-state index in [2.05, 4.69) is 75.3 Å². The van der Waals surface area contributed by atoms with E-state index in [-0.39, 0.29) is 11.3 Å². The number of carbonyl (C=O) groups excluding carboxylic acids is 1. The highest BCUT2D eigenvalue weighted by atomic mass is 32.2. The predicted molar refractivity (Wildman–Crippen MR) is 135 cm³/mol. The Morgan fingerprint density at radius 1 is 1.06 bits per heavy atom. The minimum atomic E-state index is -0.158. The highest BCUT2D eigenvalue weighted by Crippen LogP contribution is 2.31. The van der Waals surface area contributed by atoms with Crippen molar-refractivity contribution in [1.29, 1.82) is 0 Å². The van der Waals surface area contributed by atoms with Gasteiger partial charge in [0.05, 0.1) is 5.75 Å². The predicted octanol–water partition coefficient (Wildman–Crippen LogP) is 6.43. The maximum absolute atomic E-state index is 12.4.